The Morgan fingerprint density at radius 3 is 2.04 bits per heavy atom. The Morgan fingerprint density at radius 1 is 1.20 bits per heavy atom. The third-order valence-electron chi connectivity index (χ3n) is 2.44. The van der Waals surface area contributed by atoms with Gasteiger partial charge in [0.2, 0.25) is 0 Å². The number of aromatic amines is 1. The van der Waals surface area contributed by atoms with Crippen LogP contribution in [0.2, 0.25) is 0 Å². The molecule has 0 aliphatic carbocycles. The van der Waals surface area contributed by atoms with Gasteiger partial charge in [-0.05, 0) is 18.4 Å². The molecule has 0 fully saturated rings. The van der Waals surface area contributed by atoms with E-state index in [-0.39, 0.29) is 13.0 Å². The van der Waals surface area contributed by atoms with E-state index in [0.29, 0.717) is 6.42 Å². The lowest BCUT2D eigenvalue weighted by Gasteiger charge is -2.02. The summed E-state index contributed by atoms with van der Waals surface area (Å²) in [6, 6.07) is -1.53. The molecule has 1 heterocycles. The van der Waals surface area contributed by atoms with E-state index in [1.54, 1.807) is 18.0 Å². The maximum atomic E-state index is 10.3. The van der Waals surface area contributed by atoms with Gasteiger partial charge in [-0.2, -0.15) is 11.8 Å². The van der Waals surface area contributed by atoms with Crippen molar-refractivity contribution in [2.24, 2.45) is 17.2 Å². The Bertz CT molecular complexity index is 499. The maximum Gasteiger partial charge on any atom is 0.320 e. The van der Waals surface area contributed by atoms with Gasteiger partial charge in [0.05, 0.1) is 12.9 Å². The molecule has 2 atom stereocenters. The van der Waals surface area contributed by atoms with Gasteiger partial charge < -0.3 is 37.5 Å². The van der Waals surface area contributed by atoms with Crippen LogP contribution in [0.5, 0.6) is 0 Å². The van der Waals surface area contributed by atoms with Crippen molar-refractivity contribution in [3.05, 3.63) is 18.2 Å². The van der Waals surface area contributed by atoms with Gasteiger partial charge in [0, 0.05) is 18.3 Å². The minimum Gasteiger partial charge on any atom is -0.480 e. The highest BCUT2D eigenvalue weighted by Crippen LogP contribution is 1.97. The van der Waals surface area contributed by atoms with Crippen molar-refractivity contribution < 1.29 is 29.7 Å². The zero-order valence-corrected chi connectivity index (χ0v) is 14.6. The Morgan fingerprint density at radius 2 is 1.72 bits per heavy atom. The first kappa shape index (κ1) is 25.1. The number of nitrogens with zero attached hydrogens (tertiary/aromatic N) is 1. The summed E-state index contributed by atoms with van der Waals surface area (Å²) in [7, 11) is 0. The SMILES string of the molecule is CSCC[C@H](N)C(=O)O.NCC(=O)O.N[C@@H](Cc1cnc[nH]1)C(=O)O. The third kappa shape index (κ3) is 16.5. The molecule has 0 saturated heterocycles. The van der Waals surface area contributed by atoms with E-state index in [2.05, 4.69) is 15.7 Å². The lowest BCUT2D eigenvalue weighted by Crippen LogP contribution is -2.32. The monoisotopic (exact) mass is 379 g/mol. The smallest absolute Gasteiger partial charge is 0.320 e. The van der Waals surface area contributed by atoms with Crippen molar-refractivity contribution in [2.75, 3.05) is 18.6 Å². The number of hydrogen-bond donors (Lipinski definition) is 7. The van der Waals surface area contributed by atoms with Gasteiger partial charge in [-0.1, -0.05) is 0 Å². The second-order valence-electron chi connectivity index (χ2n) is 4.55. The average molecular weight is 379 g/mol. The molecule has 0 unspecified atom stereocenters. The van der Waals surface area contributed by atoms with E-state index in [9.17, 15) is 14.4 Å². The summed E-state index contributed by atoms with van der Waals surface area (Å²) in [5, 5.41) is 24.3. The molecule has 144 valence electrons. The fourth-order valence-corrected chi connectivity index (χ4v) is 1.58. The van der Waals surface area contributed by atoms with Crippen LogP contribution >= 0.6 is 11.8 Å². The van der Waals surface area contributed by atoms with E-state index in [1.807, 2.05) is 6.26 Å². The molecule has 0 bridgehead atoms. The second kappa shape index (κ2) is 15.4. The molecule has 0 radical (unpaired) electrons. The number of carboxylic acids is 3. The highest BCUT2D eigenvalue weighted by Gasteiger charge is 2.12. The van der Waals surface area contributed by atoms with Gasteiger partial charge in [-0.15, -0.1) is 0 Å². The molecule has 1 rings (SSSR count). The molecule has 0 spiro atoms. The molecule has 0 aliphatic heterocycles. The summed E-state index contributed by atoms with van der Waals surface area (Å²) < 4.78 is 0. The van der Waals surface area contributed by atoms with Gasteiger partial charge in [-0.3, -0.25) is 14.4 Å². The van der Waals surface area contributed by atoms with Crippen molar-refractivity contribution in [3.63, 3.8) is 0 Å². The maximum absolute atomic E-state index is 10.3. The summed E-state index contributed by atoms with van der Waals surface area (Å²) in [5.41, 5.74) is 15.8. The number of rotatable bonds is 8. The first-order chi connectivity index (χ1) is 11.6. The van der Waals surface area contributed by atoms with Crippen LogP contribution in [-0.2, 0) is 20.8 Å². The van der Waals surface area contributed by atoms with Crippen LogP contribution in [0.4, 0.5) is 0 Å². The van der Waals surface area contributed by atoms with Gasteiger partial charge in [0.1, 0.15) is 12.1 Å². The second-order valence-corrected chi connectivity index (χ2v) is 5.54. The number of H-pyrrole nitrogens is 1. The zero-order chi connectivity index (χ0) is 19.8. The van der Waals surface area contributed by atoms with Crippen molar-refractivity contribution in [1.29, 1.82) is 0 Å². The fraction of sp³-hybridized carbons (Fsp3) is 0.538. The number of imidazole rings is 1. The number of aromatic nitrogens is 2. The first-order valence-corrected chi connectivity index (χ1v) is 8.39. The van der Waals surface area contributed by atoms with Crippen molar-refractivity contribution >= 4 is 29.7 Å². The Labute approximate surface area is 149 Å². The van der Waals surface area contributed by atoms with Gasteiger partial charge in [0.25, 0.3) is 0 Å². The van der Waals surface area contributed by atoms with Crippen LogP contribution in [0.1, 0.15) is 12.1 Å². The van der Waals surface area contributed by atoms with Crippen LogP contribution in [0, 0.1) is 0 Å². The van der Waals surface area contributed by atoms with E-state index in [4.69, 9.17) is 26.8 Å². The lowest BCUT2D eigenvalue weighted by molar-refractivity contribution is -0.139. The number of thioether (sulfide) groups is 1. The normalized spacial score (nSPS) is 11.8. The number of hydrogen-bond acceptors (Lipinski definition) is 8. The topological polar surface area (TPSA) is 219 Å². The van der Waals surface area contributed by atoms with Gasteiger partial charge in [-0.25, -0.2) is 4.98 Å². The van der Waals surface area contributed by atoms with Crippen molar-refractivity contribution in [3.8, 4) is 0 Å². The largest absolute Gasteiger partial charge is 0.480 e. The van der Waals surface area contributed by atoms with Crippen molar-refractivity contribution in [1.82, 2.24) is 9.97 Å². The van der Waals surface area contributed by atoms with E-state index < -0.39 is 30.0 Å². The van der Waals surface area contributed by atoms with Crippen molar-refractivity contribution in [2.45, 2.75) is 24.9 Å². The molecule has 1 aromatic heterocycles. The molecule has 1 aromatic rings. The summed E-state index contributed by atoms with van der Waals surface area (Å²) in [4.78, 5) is 36.1. The predicted molar refractivity (Wildman–Crippen MR) is 93.2 cm³/mol. The van der Waals surface area contributed by atoms with Crippen LogP contribution in [0.25, 0.3) is 0 Å². The Balaban J connectivity index is 0. The molecule has 0 aromatic carbocycles. The molecule has 0 saturated carbocycles. The molecule has 0 amide bonds. The predicted octanol–water partition coefficient (Wildman–Crippen LogP) is -1.45. The van der Waals surface area contributed by atoms with Gasteiger partial charge in [0.15, 0.2) is 0 Å². The molecule has 25 heavy (non-hydrogen) atoms. The number of carboxylic acid groups (broad SMARTS) is 3. The van der Waals surface area contributed by atoms with Crippen LogP contribution in [-0.4, -0.2) is 73.8 Å². The molecule has 12 heteroatoms. The van der Waals surface area contributed by atoms with Crippen LogP contribution < -0.4 is 17.2 Å². The van der Waals surface area contributed by atoms with E-state index in [0.717, 1.165) is 11.4 Å². The Hall–Kier alpha value is -2.15. The quantitative estimate of drug-likeness (QED) is 0.277. The standard InChI is InChI=1S/C6H9N3O2.C5H11NO2S.C2H5NO2/c7-5(6(10)11)1-4-2-8-3-9-4;1-9-3-2-4(6)5(7)8;3-1-2(4)5/h2-3,5H,1,7H2,(H,8,9)(H,10,11);4H,2-3,6H2,1H3,(H,7,8);1,3H2,(H,4,5)/t5-;4-;/m00./s1. The van der Waals surface area contributed by atoms with E-state index >= 15 is 0 Å². The third-order valence-corrected chi connectivity index (χ3v) is 3.08. The lowest BCUT2D eigenvalue weighted by atomic mass is 10.2. The summed E-state index contributed by atoms with van der Waals surface area (Å²) in [5.74, 6) is -2.07. The number of carbonyl (C=O) groups is 3. The summed E-state index contributed by atoms with van der Waals surface area (Å²) in [6.07, 6.45) is 5.81. The van der Waals surface area contributed by atoms with Crippen LogP contribution in [0.15, 0.2) is 12.5 Å². The highest BCUT2D eigenvalue weighted by molar-refractivity contribution is 7.98. The molecule has 10 N–H and O–H groups in total. The molecule has 11 nitrogen and oxygen atoms in total. The highest BCUT2D eigenvalue weighted by atomic mass is 32.2. The van der Waals surface area contributed by atoms with Crippen LogP contribution in [0.3, 0.4) is 0 Å². The number of nitrogens with two attached hydrogens (primary N) is 3. The molecule has 0 aliphatic rings. The fourth-order valence-electron chi connectivity index (χ4n) is 1.09. The number of nitrogens with one attached hydrogen (secondary N) is 1. The summed E-state index contributed by atoms with van der Waals surface area (Å²) >= 11 is 1.60. The number of aliphatic carboxylic acids is 3. The first-order valence-electron chi connectivity index (χ1n) is 7.00. The zero-order valence-electron chi connectivity index (χ0n) is 13.8. The average Bonchev–Trinajstić information content (AvgIpc) is 3.06. The van der Waals surface area contributed by atoms with Gasteiger partial charge >= 0.3 is 17.9 Å². The minimum absolute atomic E-state index is 0.278. The molecular formula is C13H25N5O6S. The Kier molecular flexibility index (Phi) is 15.4. The van der Waals surface area contributed by atoms with E-state index in [1.165, 1.54) is 6.33 Å². The minimum atomic E-state index is -1.00. The summed E-state index contributed by atoms with van der Waals surface area (Å²) in [6.45, 7) is -0.278. The molecular weight excluding hydrogens is 354 g/mol.